The molecule has 0 aliphatic heterocycles. The number of hydrogen-bond acceptors (Lipinski definition) is 3. The van der Waals surface area contributed by atoms with Gasteiger partial charge >= 0.3 is 0 Å². The second-order valence-corrected chi connectivity index (χ2v) is 5.50. The molecule has 0 amide bonds. The lowest BCUT2D eigenvalue weighted by atomic mass is 9.67. The van der Waals surface area contributed by atoms with Crippen LogP contribution in [0.3, 0.4) is 0 Å². The van der Waals surface area contributed by atoms with Crippen molar-refractivity contribution in [3.05, 3.63) is 18.1 Å². The number of anilines is 1. The van der Waals surface area contributed by atoms with Crippen LogP contribution in [-0.4, -0.2) is 21.4 Å². The molecule has 0 aromatic carbocycles. The van der Waals surface area contributed by atoms with E-state index in [1.807, 2.05) is 6.07 Å². The van der Waals surface area contributed by atoms with Crippen molar-refractivity contribution < 1.29 is 0 Å². The maximum Gasteiger partial charge on any atom is 0.129 e. The second-order valence-electron chi connectivity index (χ2n) is 4.97. The number of alkyl halides is 1. The number of nitrogens with one attached hydrogen (secondary N) is 1. The molecule has 1 heterocycles. The molecule has 2 atom stereocenters. The van der Waals surface area contributed by atoms with Crippen molar-refractivity contribution >= 4 is 17.4 Å². The largest absolute Gasteiger partial charge is 0.367 e. The highest BCUT2D eigenvalue weighted by atomic mass is 35.5. The van der Waals surface area contributed by atoms with E-state index in [-0.39, 0.29) is 10.8 Å². The van der Waals surface area contributed by atoms with E-state index < -0.39 is 0 Å². The molecule has 0 bridgehead atoms. The van der Waals surface area contributed by atoms with Crippen molar-refractivity contribution in [3.63, 3.8) is 0 Å². The standard InChI is InChI=1S/C12H18ClN3/c1-4-8-5-11(15-7-14-8)16-10-6-9(13)12(10,2)3/h5,7,9-10H,4,6H2,1-3H3,(H,14,15,16). The first-order valence-corrected chi connectivity index (χ1v) is 6.19. The highest BCUT2D eigenvalue weighted by molar-refractivity contribution is 6.21. The molecule has 0 radical (unpaired) electrons. The average Bonchev–Trinajstić information content (AvgIpc) is 2.29. The number of rotatable bonds is 3. The van der Waals surface area contributed by atoms with Gasteiger partial charge < -0.3 is 5.32 Å². The summed E-state index contributed by atoms with van der Waals surface area (Å²) < 4.78 is 0. The first-order valence-electron chi connectivity index (χ1n) is 5.75. The molecule has 1 N–H and O–H groups in total. The predicted molar refractivity (Wildman–Crippen MR) is 66.9 cm³/mol. The maximum absolute atomic E-state index is 6.19. The number of aromatic nitrogens is 2. The Bertz CT molecular complexity index is 378. The quantitative estimate of drug-likeness (QED) is 0.825. The van der Waals surface area contributed by atoms with Crippen molar-refractivity contribution in [2.45, 2.75) is 45.0 Å². The summed E-state index contributed by atoms with van der Waals surface area (Å²) in [6, 6.07) is 2.42. The zero-order valence-electron chi connectivity index (χ0n) is 10.00. The van der Waals surface area contributed by atoms with Gasteiger partial charge in [0, 0.05) is 28.6 Å². The summed E-state index contributed by atoms with van der Waals surface area (Å²) in [5.74, 6) is 0.911. The van der Waals surface area contributed by atoms with Crippen LogP contribution in [0.5, 0.6) is 0 Å². The van der Waals surface area contributed by atoms with Crippen LogP contribution in [-0.2, 0) is 6.42 Å². The molecule has 2 unspecified atom stereocenters. The van der Waals surface area contributed by atoms with Gasteiger partial charge in [-0.3, -0.25) is 0 Å². The van der Waals surface area contributed by atoms with Gasteiger partial charge in [0.15, 0.2) is 0 Å². The fraction of sp³-hybridized carbons (Fsp3) is 0.667. The number of aryl methyl sites for hydroxylation is 1. The minimum atomic E-state index is 0.138. The highest BCUT2D eigenvalue weighted by Gasteiger charge is 2.47. The van der Waals surface area contributed by atoms with Crippen molar-refractivity contribution in [3.8, 4) is 0 Å². The first-order chi connectivity index (χ1) is 7.54. The van der Waals surface area contributed by atoms with Crippen LogP contribution in [0.1, 0.15) is 32.9 Å². The SMILES string of the molecule is CCc1cc(NC2CC(Cl)C2(C)C)ncn1. The van der Waals surface area contributed by atoms with E-state index in [0.717, 1.165) is 24.4 Å². The van der Waals surface area contributed by atoms with Crippen LogP contribution >= 0.6 is 11.6 Å². The van der Waals surface area contributed by atoms with Crippen LogP contribution in [0.2, 0.25) is 0 Å². The van der Waals surface area contributed by atoms with Crippen molar-refractivity contribution in [1.82, 2.24) is 9.97 Å². The Labute approximate surface area is 102 Å². The summed E-state index contributed by atoms with van der Waals surface area (Å²) in [6.45, 7) is 6.47. The minimum absolute atomic E-state index is 0.138. The lowest BCUT2D eigenvalue weighted by Crippen LogP contribution is -2.54. The molecule has 0 spiro atoms. The van der Waals surface area contributed by atoms with Gasteiger partial charge in [-0.05, 0) is 12.8 Å². The number of nitrogens with zero attached hydrogens (tertiary/aromatic N) is 2. The van der Waals surface area contributed by atoms with Crippen molar-refractivity contribution in [2.75, 3.05) is 5.32 Å². The highest BCUT2D eigenvalue weighted by Crippen LogP contribution is 2.45. The Kier molecular flexibility index (Phi) is 3.06. The molecule has 16 heavy (non-hydrogen) atoms. The van der Waals surface area contributed by atoms with Gasteiger partial charge in [0.1, 0.15) is 12.1 Å². The van der Waals surface area contributed by atoms with E-state index in [4.69, 9.17) is 11.6 Å². The fourth-order valence-electron chi connectivity index (χ4n) is 1.97. The molecule has 3 nitrogen and oxygen atoms in total. The predicted octanol–water partition coefficient (Wildman–Crippen LogP) is 2.86. The van der Waals surface area contributed by atoms with Gasteiger partial charge in [0.05, 0.1) is 0 Å². The topological polar surface area (TPSA) is 37.8 Å². The summed E-state index contributed by atoms with van der Waals surface area (Å²) in [5.41, 5.74) is 1.20. The van der Waals surface area contributed by atoms with Crippen molar-refractivity contribution in [1.29, 1.82) is 0 Å². The molecular formula is C12H18ClN3. The number of hydrogen-bond donors (Lipinski definition) is 1. The van der Waals surface area contributed by atoms with E-state index in [0.29, 0.717) is 6.04 Å². The smallest absolute Gasteiger partial charge is 0.129 e. The third kappa shape index (κ3) is 2.01. The van der Waals surface area contributed by atoms with Crippen LogP contribution in [0.4, 0.5) is 5.82 Å². The normalized spacial score (nSPS) is 27.2. The van der Waals surface area contributed by atoms with Gasteiger partial charge in [0.2, 0.25) is 0 Å². The van der Waals surface area contributed by atoms with Crippen LogP contribution < -0.4 is 5.32 Å². The first kappa shape index (κ1) is 11.6. The number of halogens is 1. The third-order valence-corrected chi connectivity index (χ3v) is 4.30. The second kappa shape index (κ2) is 4.21. The van der Waals surface area contributed by atoms with Crippen LogP contribution in [0.15, 0.2) is 12.4 Å². The summed E-state index contributed by atoms with van der Waals surface area (Å²) in [5, 5.41) is 3.70. The van der Waals surface area contributed by atoms with Gasteiger partial charge in [-0.2, -0.15) is 0 Å². The Morgan fingerprint density at radius 1 is 1.50 bits per heavy atom. The molecule has 0 saturated heterocycles. The molecule has 88 valence electrons. The Morgan fingerprint density at radius 2 is 2.25 bits per heavy atom. The van der Waals surface area contributed by atoms with Crippen molar-refractivity contribution in [2.24, 2.45) is 5.41 Å². The summed E-state index contributed by atoms with van der Waals surface area (Å²) in [7, 11) is 0. The van der Waals surface area contributed by atoms with E-state index in [1.165, 1.54) is 0 Å². The summed E-state index contributed by atoms with van der Waals surface area (Å²) in [6.07, 6.45) is 3.55. The lowest BCUT2D eigenvalue weighted by Gasteiger charge is -2.49. The molecule has 1 saturated carbocycles. The summed E-state index contributed by atoms with van der Waals surface area (Å²) >= 11 is 6.19. The average molecular weight is 240 g/mol. The lowest BCUT2D eigenvalue weighted by molar-refractivity contribution is 0.168. The maximum atomic E-state index is 6.19. The van der Waals surface area contributed by atoms with E-state index in [1.54, 1.807) is 6.33 Å². The Hall–Kier alpha value is -0.830. The Balaban J connectivity index is 2.05. The molecule has 4 heteroatoms. The zero-order chi connectivity index (χ0) is 11.8. The van der Waals surface area contributed by atoms with Crippen LogP contribution in [0.25, 0.3) is 0 Å². The van der Waals surface area contributed by atoms with E-state index >= 15 is 0 Å². The molecule has 1 aliphatic carbocycles. The molecule has 1 aromatic rings. The minimum Gasteiger partial charge on any atom is -0.367 e. The molecule has 1 aliphatic rings. The van der Waals surface area contributed by atoms with Gasteiger partial charge in [-0.1, -0.05) is 20.8 Å². The van der Waals surface area contributed by atoms with E-state index in [9.17, 15) is 0 Å². The fourth-order valence-corrected chi connectivity index (χ4v) is 2.30. The Morgan fingerprint density at radius 3 is 2.81 bits per heavy atom. The zero-order valence-corrected chi connectivity index (χ0v) is 10.8. The third-order valence-electron chi connectivity index (χ3n) is 3.56. The molecule has 1 aromatic heterocycles. The van der Waals surface area contributed by atoms with Gasteiger partial charge in [-0.25, -0.2) is 9.97 Å². The molecule has 2 rings (SSSR count). The molecule has 1 fully saturated rings. The van der Waals surface area contributed by atoms with E-state index in [2.05, 4.69) is 36.1 Å². The van der Waals surface area contributed by atoms with Crippen LogP contribution in [0, 0.1) is 5.41 Å². The summed E-state index contributed by atoms with van der Waals surface area (Å²) in [4.78, 5) is 8.42. The monoisotopic (exact) mass is 239 g/mol. The molecular weight excluding hydrogens is 222 g/mol. The van der Waals surface area contributed by atoms with Gasteiger partial charge in [0.25, 0.3) is 0 Å². The van der Waals surface area contributed by atoms with Gasteiger partial charge in [-0.15, -0.1) is 11.6 Å².